The molecule has 1 N–H and O–H groups in total. The number of nitrogens with zero attached hydrogens (tertiary/aromatic N) is 2. The highest BCUT2D eigenvalue weighted by atomic mass is 19.4. The Balaban J connectivity index is 1.65. The first-order chi connectivity index (χ1) is 10.3. The number of carboxylic acid groups (broad SMARTS) is 1. The van der Waals surface area contributed by atoms with Gasteiger partial charge in [0, 0.05) is 32.3 Å². The van der Waals surface area contributed by atoms with Gasteiger partial charge in [0.2, 0.25) is 0 Å². The molecule has 1 aliphatic heterocycles. The lowest BCUT2D eigenvalue weighted by Gasteiger charge is -2.36. The average molecular weight is 320 g/mol. The van der Waals surface area contributed by atoms with Crippen LogP contribution in [0.25, 0.3) is 0 Å². The number of carbonyl (C=O) groups is 1. The smallest absolute Gasteiger partial charge is 0.460 e. The number of rotatable bonds is 4. The maximum Gasteiger partial charge on any atom is 0.460 e. The van der Waals surface area contributed by atoms with E-state index in [1.54, 1.807) is 0 Å². The minimum Gasteiger partial charge on any atom is -0.478 e. The number of carboxylic acids is 1. The summed E-state index contributed by atoms with van der Waals surface area (Å²) in [5.74, 6) is -0.317. The fraction of sp³-hybridized carbons (Fsp3) is 0.800. The Morgan fingerprint density at radius 2 is 1.77 bits per heavy atom. The number of aliphatic carboxylic acids is 1. The number of alkyl halides is 3. The lowest BCUT2D eigenvalue weighted by molar-refractivity contribution is -0.252. The molecule has 1 saturated carbocycles. The predicted octanol–water partition coefficient (Wildman–Crippen LogP) is 2.72. The summed E-state index contributed by atoms with van der Waals surface area (Å²) < 4.78 is 37.6. The zero-order valence-electron chi connectivity index (χ0n) is 12.6. The second-order valence-corrected chi connectivity index (χ2v) is 6.17. The van der Waals surface area contributed by atoms with Gasteiger partial charge in [-0.25, -0.2) is 9.69 Å². The van der Waals surface area contributed by atoms with Crippen molar-refractivity contribution in [3.63, 3.8) is 0 Å². The summed E-state index contributed by atoms with van der Waals surface area (Å²) in [5, 5.41) is 8.72. The molecule has 7 heteroatoms. The summed E-state index contributed by atoms with van der Waals surface area (Å²) in [6, 6.07) is 0. The molecule has 0 radical (unpaired) electrons. The number of hydrogen-bond acceptors (Lipinski definition) is 3. The van der Waals surface area contributed by atoms with Gasteiger partial charge in [-0.15, -0.1) is 0 Å². The SMILES string of the molecule is O=C(O)C=C1CCC(CCN2CCN(C(F)(F)F)CC2)CC1. The predicted molar refractivity (Wildman–Crippen MR) is 76.4 cm³/mol. The van der Waals surface area contributed by atoms with Crippen LogP contribution < -0.4 is 0 Å². The van der Waals surface area contributed by atoms with E-state index in [1.165, 1.54) is 6.08 Å². The molecule has 2 fully saturated rings. The molecule has 0 amide bonds. The van der Waals surface area contributed by atoms with E-state index in [0.717, 1.165) is 44.2 Å². The minimum absolute atomic E-state index is 0.0552. The van der Waals surface area contributed by atoms with Crippen LogP contribution in [0.1, 0.15) is 32.1 Å². The lowest BCUT2D eigenvalue weighted by Crippen LogP contribution is -2.52. The van der Waals surface area contributed by atoms with Crippen LogP contribution in [-0.2, 0) is 4.79 Å². The van der Waals surface area contributed by atoms with Crippen molar-refractivity contribution < 1.29 is 23.1 Å². The molecule has 22 heavy (non-hydrogen) atoms. The van der Waals surface area contributed by atoms with Gasteiger partial charge in [0.1, 0.15) is 0 Å². The Hall–Kier alpha value is -1.08. The first-order valence-corrected chi connectivity index (χ1v) is 7.81. The van der Waals surface area contributed by atoms with Gasteiger partial charge >= 0.3 is 12.3 Å². The van der Waals surface area contributed by atoms with E-state index in [-0.39, 0.29) is 13.1 Å². The van der Waals surface area contributed by atoms with Gasteiger partial charge in [0.25, 0.3) is 0 Å². The Bertz CT molecular complexity index is 406. The third-order valence-corrected chi connectivity index (χ3v) is 4.66. The summed E-state index contributed by atoms with van der Waals surface area (Å²) in [7, 11) is 0. The van der Waals surface area contributed by atoms with Crippen LogP contribution in [0.15, 0.2) is 11.6 Å². The summed E-state index contributed by atoms with van der Waals surface area (Å²) in [5.41, 5.74) is 1.00. The monoisotopic (exact) mass is 320 g/mol. The highest BCUT2D eigenvalue weighted by Gasteiger charge is 2.38. The van der Waals surface area contributed by atoms with Gasteiger partial charge in [-0.3, -0.25) is 0 Å². The van der Waals surface area contributed by atoms with E-state index < -0.39 is 12.3 Å². The molecule has 0 bridgehead atoms. The van der Waals surface area contributed by atoms with Gasteiger partial charge < -0.3 is 10.0 Å². The van der Waals surface area contributed by atoms with Gasteiger partial charge in [-0.05, 0) is 44.6 Å². The van der Waals surface area contributed by atoms with Gasteiger partial charge in [0.15, 0.2) is 0 Å². The van der Waals surface area contributed by atoms with E-state index >= 15 is 0 Å². The van der Waals surface area contributed by atoms with E-state index in [4.69, 9.17) is 5.11 Å². The van der Waals surface area contributed by atoms with Crippen molar-refractivity contribution in [1.29, 1.82) is 0 Å². The molecular weight excluding hydrogens is 297 g/mol. The van der Waals surface area contributed by atoms with Crippen LogP contribution in [-0.4, -0.2) is 59.9 Å². The zero-order valence-corrected chi connectivity index (χ0v) is 12.6. The zero-order chi connectivity index (χ0) is 16.2. The Morgan fingerprint density at radius 1 is 1.18 bits per heavy atom. The molecule has 0 atom stereocenters. The van der Waals surface area contributed by atoms with Gasteiger partial charge in [0.05, 0.1) is 0 Å². The maximum atomic E-state index is 12.5. The highest BCUT2D eigenvalue weighted by molar-refractivity contribution is 5.80. The third kappa shape index (κ3) is 5.28. The molecule has 0 unspecified atom stereocenters. The van der Waals surface area contributed by atoms with E-state index in [9.17, 15) is 18.0 Å². The number of halogens is 3. The van der Waals surface area contributed by atoms with Crippen LogP contribution in [0.3, 0.4) is 0 Å². The number of allylic oxidation sites excluding steroid dienone is 1. The quantitative estimate of drug-likeness (QED) is 0.639. The molecule has 2 aliphatic rings. The second-order valence-electron chi connectivity index (χ2n) is 6.17. The van der Waals surface area contributed by atoms with E-state index in [0.29, 0.717) is 23.9 Å². The van der Waals surface area contributed by atoms with Gasteiger partial charge in [-0.1, -0.05) is 5.57 Å². The average Bonchev–Trinajstić information content (AvgIpc) is 2.45. The molecule has 1 aliphatic carbocycles. The molecule has 0 spiro atoms. The van der Waals surface area contributed by atoms with Crippen molar-refractivity contribution in [2.45, 2.75) is 38.4 Å². The Morgan fingerprint density at radius 3 is 2.27 bits per heavy atom. The molecule has 1 saturated heterocycles. The summed E-state index contributed by atoms with van der Waals surface area (Å²) in [6.45, 7) is 1.89. The second kappa shape index (κ2) is 7.46. The third-order valence-electron chi connectivity index (χ3n) is 4.66. The normalized spacial score (nSPS) is 25.2. The Labute approximate surface area is 128 Å². The topological polar surface area (TPSA) is 43.8 Å². The lowest BCUT2D eigenvalue weighted by atomic mass is 9.83. The minimum atomic E-state index is -4.21. The van der Waals surface area contributed by atoms with Crippen molar-refractivity contribution in [1.82, 2.24) is 9.80 Å². The van der Waals surface area contributed by atoms with Crippen molar-refractivity contribution in [3.05, 3.63) is 11.6 Å². The molecule has 1 heterocycles. The molecule has 4 nitrogen and oxygen atoms in total. The van der Waals surface area contributed by atoms with Gasteiger partial charge in [-0.2, -0.15) is 13.2 Å². The fourth-order valence-electron chi connectivity index (χ4n) is 3.25. The van der Waals surface area contributed by atoms with E-state index in [2.05, 4.69) is 4.90 Å². The fourth-order valence-corrected chi connectivity index (χ4v) is 3.25. The standard InChI is InChI=1S/C15H23F3N2O2/c16-15(17,18)20-9-7-19(8-10-20)6-5-12-1-3-13(4-2-12)11-14(21)22/h11-12H,1-10H2,(H,21,22). The van der Waals surface area contributed by atoms with Crippen molar-refractivity contribution in [2.75, 3.05) is 32.7 Å². The van der Waals surface area contributed by atoms with Crippen LogP contribution in [0.4, 0.5) is 13.2 Å². The van der Waals surface area contributed by atoms with Crippen molar-refractivity contribution >= 4 is 5.97 Å². The summed E-state index contributed by atoms with van der Waals surface area (Å²) >= 11 is 0. The van der Waals surface area contributed by atoms with Crippen LogP contribution in [0.2, 0.25) is 0 Å². The maximum absolute atomic E-state index is 12.5. The van der Waals surface area contributed by atoms with Crippen LogP contribution in [0, 0.1) is 5.92 Å². The Kier molecular flexibility index (Phi) is 5.86. The first-order valence-electron chi connectivity index (χ1n) is 7.81. The molecule has 0 aromatic rings. The molecule has 2 rings (SSSR count). The van der Waals surface area contributed by atoms with Crippen molar-refractivity contribution in [2.24, 2.45) is 5.92 Å². The van der Waals surface area contributed by atoms with E-state index in [1.807, 2.05) is 0 Å². The van der Waals surface area contributed by atoms with Crippen LogP contribution in [0.5, 0.6) is 0 Å². The van der Waals surface area contributed by atoms with Crippen molar-refractivity contribution in [3.8, 4) is 0 Å². The number of hydrogen-bond donors (Lipinski definition) is 1. The first kappa shape index (κ1) is 17.3. The largest absolute Gasteiger partial charge is 0.478 e. The number of piperazine rings is 1. The summed E-state index contributed by atoms with van der Waals surface area (Å²) in [4.78, 5) is 13.3. The molecule has 0 aromatic heterocycles. The van der Waals surface area contributed by atoms with Crippen LogP contribution >= 0.6 is 0 Å². The molecule has 126 valence electrons. The molecule has 0 aromatic carbocycles. The molecular formula is C15H23F3N2O2. The summed E-state index contributed by atoms with van der Waals surface area (Å²) in [6.07, 6.45) is 1.74. The highest BCUT2D eigenvalue weighted by Crippen LogP contribution is 2.30.